The van der Waals surface area contributed by atoms with Gasteiger partial charge in [-0.1, -0.05) is 51.7 Å². The van der Waals surface area contributed by atoms with Gasteiger partial charge in [-0.2, -0.15) is 0 Å². The van der Waals surface area contributed by atoms with Crippen LogP contribution in [0.15, 0.2) is 30.6 Å². The quantitative estimate of drug-likeness (QED) is 0.437. The molecule has 2 N–H and O–H groups in total. The van der Waals surface area contributed by atoms with Crippen LogP contribution in [0, 0.1) is 0 Å². The molecule has 0 aliphatic carbocycles. The van der Waals surface area contributed by atoms with E-state index in [1.165, 1.54) is 62.4 Å². The Morgan fingerprint density at radius 1 is 0.870 bits per heavy atom. The molecule has 0 aliphatic heterocycles. The van der Waals surface area contributed by atoms with Crippen LogP contribution in [-0.2, 0) is 13.1 Å². The summed E-state index contributed by atoms with van der Waals surface area (Å²) in [5.41, 5.74) is 2.79. The maximum absolute atomic E-state index is 2.45. The molecule has 1 heterocycles. The van der Waals surface area contributed by atoms with Gasteiger partial charge in [-0.15, -0.1) is 0 Å². The summed E-state index contributed by atoms with van der Waals surface area (Å²) in [4.78, 5) is 0. The molecule has 23 heavy (non-hydrogen) atoms. The van der Waals surface area contributed by atoms with Crippen LogP contribution in [-0.4, -0.2) is 10.0 Å². The van der Waals surface area contributed by atoms with Crippen LogP contribution in [0.2, 0.25) is 0 Å². The molecule has 0 amide bonds. The molecule has 0 saturated carbocycles. The number of nitrogens with zero attached hydrogens (tertiary/aromatic N) is 2. The molecule has 0 unspecified atom stereocenters. The zero-order valence-electron chi connectivity index (χ0n) is 14.7. The van der Waals surface area contributed by atoms with Gasteiger partial charge in [-0.05, 0) is 37.8 Å². The molecule has 1 aromatic heterocycles. The number of fused-ring (bicyclic) bond motifs is 1. The van der Waals surface area contributed by atoms with Crippen LogP contribution in [0.25, 0.3) is 11.0 Å². The Kier molecular flexibility index (Phi) is 12.1. The van der Waals surface area contributed by atoms with Crippen LogP contribution in [0.1, 0.15) is 65.2 Å². The fourth-order valence-corrected chi connectivity index (χ4v) is 3.02. The third-order valence-electron chi connectivity index (χ3n) is 4.28. The predicted octanol–water partition coefficient (Wildman–Crippen LogP) is 1.27. The van der Waals surface area contributed by atoms with Crippen molar-refractivity contribution in [2.24, 2.45) is 0 Å². The van der Waals surface area contributed by atoms with Crippen LogP contribution in [0.4, 0.5) is 0 Å². The minimum Gasteiger partial charge on any atom is -1.00 e. The van der Waals surface area contributed by atoms with Crippen molar-refractivity contribution in [2.75, 3.05) is 0 Å². The van der Waals surface area contributed by atoms with Gasteiger partial charge < -0.3 is 22.5 Å². The number of benzene rings is 1. The molecular formula is C19H33BrN2O. The van der Waals surface area contributed by atoms with Gasteiger partial charge in [-0.3, -0.25) is 0 Å². The van der Waals surface area contributed by atoms with Gasteiger partial charge in [0.15, 0.2) is 11.0 Å². The Bertz CT molecular complexity index is 493. The highest BCUT2D eigenvalue weighted by molar-refractivity contribution is 5.71. The van der Waals surface area contributed by atoms with E-state index < -0.39 is 0 Å². The lowest BCUT2D eigenvalue weighted by atomic mass is 10.2. The summed E-state index contributed by atoms with van der Waals surface area (Å²) in [5.74, 6) is 0. The highest BCUT2D eigenvalue weighted by Gasteiger charge is 2.14. The molecule has 0 bridgehead atoms. The second kappa shape index (κ2) is 12.5. The Morgan fingerprint density at radius 3 is 2.22 bits per heavy atom. The normalized spacial score (nSPS) is 10.3. The van der Waals surface area contributed by atoms with Crippen molar-refractivity contribution in [3.63, 3.8) is 0 Å². The first-order valence-electron chi connectivity index (χ1n) is 8.84. The SMILES string of the molecule is CCCCCCn1c[n+](CCCCCC)c2ccccc21.O.[Br-]. The second-order valence-electron chi connectivity index (χ2n) is 6.11. The number of aromatic nitrogens is 2. The average Bonchev–Trinajstić information content (AvgIpc) is 2.87. The number of aryl methyl sites for hydroxylation is 2. The third kappa shape index (κ3) is 6.64. The van der Waals surface area contributed by atoms with Crippen molar-refractivity contribution in [3.05, 3.63) is 30.6 Å². The summed E-state index contributed by atoms with van der Waals surface area (Å²) in [6.07, 6.45) is 13.0. The van der Waals surface area contributed by atoms with Crippen molar-refractivity contribution in [2.45, 2.75) is 78.3 Å². The van der Waals surface area contributed by atoms with Crippen molar-refractivity contribution < 1.29 is 27.0 Å². The summed E-state index contributed by atoms with van der Waals surface area (Å²) in [6.45, 7) is 6.86. The topological polar surface area (TPSA) is 40.3 Å². The minimum atomic E-state index is 0. The molecule has 0 saturated heterocycles. The first-order valence-corrected chi connectivity index (χ1v) is 8.84. The fraction of sp³-hybridized carbons (Fsp3) is 0.632. The monoisotopic (exact) mass is 384 g/mol. The van der Waals surface area contributed by atoms with Gasteiger partial charge >= 0.3 is 0 Å². The number of para-hydroxylation sites is 2. The Morgan fingerprint density at radius 2 is 1.52 bits per heavy atom. The smallest absolute Gasteiger partial charge is 0.244 e. The van der Waals surface area contributed by atoms with Crippen molar-refractivity contribution >= 4 is 11.0 Å². The highest BCUT2D eigenvalue weighted by atomic mass is 79.9. The molecule has 2 aromatic rings. The first kappa shape index (κ1) is 22.1. The second-order valence-corrected chi connectivity index (χ2v) is 6.11. The molecule has 3 nitrogen and oxygen atoms in total. The number of hydrogen-bond acceptors (Lipinski definition) is 0. The molecular weight excluding hydrogens is 352 g/mol. The maximum Gasteiger partial charge on any atom is 0.244 e. The van der Waals surface area contributed by atoms with Crippen molar-refractivity contribution in [1.82, 2.24) is 4.57 Å². The number of hydrogen-bond donors (Lipinski definition) is 0. The lowest BCUT2D eigenvalue weighted by Crippen LogP contribution is -3.00. The molecule has 0 aliphatic rings. The average molecular weight is 385 g/mol. The van der Waals surface area contributed by atoms with Crippen molar-refractivity contribution in [1.29, 1.82) is 0 Å². The lowest BCUT2D eigenvalue weighted by Gasteiger charge is -1.98. The molecule has 4 heteroatoms. The van der Waals surface area contributed by atoms with Crippen LogP contribution >= 0.6 is 0 Å². The fourth-order valence-electron chi connectivity index (χ4n) is 3.02. The largest absolute Gasteiger partial charge is 1.00 e. The number of rotatable bonds is 10. The Balaban J connectivity index is 0.00000242. The molecule has 0 spiro atoms. The van der Waals surface area contributed by atoms with Gasteiger partial charge in [0.2, 0.25) is 6.33 Å². The third-order valence-corrected chi connectivity index (χ3v) is 4.28. The number of unbranched alkanes of at least 4 members (excludes halogenated alkanes) is 6. The van der Waals surface area contributed by atoms with E-state index in [1.807, 2.05) is 0 Å². The summed E-state index contributed by atoms with van der Waals surface area (Å²) in [6, 6.07) is 8.84. The molecule has 1 aromatic carbocycles. The summed E-state index contributed by atoms with van der Waals surface area (Å²) in [7, 11) is 0. The van der Waals surface area contributed by atoms with E-state index >= 15 is 0 Å². The van der Waals surface area contributed by atoms with E-state index in [4.69, 9.17) is 0 Å². The van der Waals surface area contributed by atoms with Crippen LogP contribution < -0.4 is 21.5 Å². The van der Waals surface area contributed by atoms with Gasteiger partial charge in [0.25, 0.3) is 0 Å². The minimum absolute atomic E-state index is 0. The first-order chi connectivity index (χ1) is 10.4. The summed E-state index contributed by atoms with van der Waals surface area (Å²) < 4.78 is 4.90. The summed E-state index contributed by atoms with van der Waals surface area (Å²) >= 11 is 0. The van der Waals surface area contributed by atoms with E-state index in [0.29, 0.717) is 0 Å². The Labute approximate surface area is 151 Å². The zero-order valence-corrected chi connectivity index (χ0v) is 16.3. The van der Waals surface area contributed by atoms with E-state index in [0.717, 1.165) is 13.1 Å². The zero-order chi connectivity index (χ0) is 14.9. The Hall–Kier alpha value is -0.870. The number of imidazole rings is 1. The van der Waals surface area contributed by atoms with E-state index in [2.05, 4.69) is 53.6 Å². The van der Waals surface area contributed by atoms with Gasteiger partial charge in [0.1, 0.15) is 0 Å². The summed E-state index contributed by atoms with van der Waals surface area (Å²) in [5, 5.41) is 0. The molecule has 2 rings (SSSR count). The van der Waals surface area contributed by atoms with E-state index in [-0.39, 0.29) is 22.5 Å². The van der Waals surface area contributed by atoms with E-state index in [1.54, 1.807) is 0 Å². The maximum atomic E-state index is 2.45. The standard InChI is InChI=1S/C19H31N2.BrH.H2O/c1-3-5-7-11-15-20-17-21(16-12-8-6-4-2)19-14-10-9-13-18(19)20;;/h9-10,13-14,17H,3-8,11-12,15-16H2,1-2H3;1H;1H2/q+1;;/p-1. The van der Waals surface area contributed by atoms with Gasteiger partial charge in [0.05, 0.1) is 13.1 Å². The van der Waals surface area contributed by atoms with E-state index in [9.17, 15) is 0 Å². The molecule has 0 fully saturated rings. The lowest BCUT2D eigenvalue weighted by molar-refractivity contribution is -0.672. The van der Waals surface area contributed by atoms with Crippen LogP contribution in [0.3, 0.4) is 0 Å². The molecule has 0 radical (unpaired) electrons. The van der Waals surface area contributed by atoms with Crippen molar-refractivity contribution in [3.8, 4) is 0 Å². The molecule has 0 atom stereocenters. The molecule has 132 valence electrons. The van der Waals surface area contributed by atoms with Crippen LogP contribution in [0.5, 0.6) is 0 Å². The highest BCUT2D eigenvalue weighted by Crippen LogP contribution is 2.13. The van der Waals surface area contributed by atoms with Gasteiger partial charge in [0, 0.05) is 0 Å². The number of halogens is 1. The predicted molar refractivity (Wildman–Crippen MR) is 94.0 cm³/mol. The van der Waals surface area contributed by atoms with Gasteiger partial charge in [-0.25, -0.2) is 9.13 Å².